The Labute approximate surface area is 135 Å². The molecule has 1 heterocycles. The maximum Gasteiger partial charge on any atom is 0.619 e. The van der Waals surface area contributed by atoms with E-state index in [4.69, 9.17) is 0 Å². The molecule has 0 radical (unpaired) electrons. The first kappa shape index (κ1) is 21.6. The summed E-state index contributed by atoms with van der Waals surface area (Å²) in [5, 5.41) is 0. The van der Waals surface area contributed by atoms with E-state index in [1.807, 2.05) is 0 Å². The zero-order valence-corrected chi connectivity index (χ0v) is 13.1. The van der Waals surface area contributed by atoms with Crippen LogP contribution in [-0.4, -0.2) is 40.3 Å². The standard InChI is InChI=1S/C9H15B3F6O6/c1-4-7(13,14)19-10-22-11(20-8(15,16)5-2)24-12(23-10)21-9(17,18)6-3/h4-6H2,1-3H3. The van der Waals surface area contributed by atoms with Gasteiger partial charge < -0.3 is 27.7 Å². The quantitative estimate of drug-likeness (QED) is 0.462. The van der Waals surface area contributed by atoms with Crippen LogP contribution in [0.25, 0.3) is 0 Å². The second-order valence-electron chi connectivity index (χ2n) is 4.60. The first-order valence-corrected chi connectivity index (χ1v) is 7.05. The van der Waals surface area contributed by atoms with Gasteiger partial charge >= 0.3 is 40.3 Å². The van der Waals surface area contributed by atoms with Gasteiger partial charge in [-0.15, -0.1) is 0 Å². The van der Waals surface area contributed by atoms with Crippen molar-refractivity contribution in [1.82, 2.24) is 0 Å². The number of hydrogen-bond acceptors (Lipinski definition) is 6. The van der Waals surface area contributed by atoms with E-state index in [1.54, 1.807) is 0 Å². The summed E-state index contributed by atoms with van der Waals surface area (Å²) in [7, 11) is -6.99. The topological polar surface area (TPSA) is 55.4 Å². The van der Waals surface area contributed by atoms with Crippen LogP contribution in [0.5, 0.6) is 0 Å². The molecule has 0 aromatic heterocycles. The van der Waals surface area contributed by atoms with Crippen LogP contribution in [0.15, 0.2) is 0 Å². The molecule has 0 aromatic carbocycles. The highest BCUT2D eigenvalue weighted by molar-refractivity contribution is 6.67. The number of halogens is 6. The normalized spacial score (nSPS) is 17.6. The summed E-state index contributed by atoms with van der Waals surface area (Å²) in [6, 6.07) is 0. The molecule has 24 heavy (non-hydrogen) atoms. The van der Waals surface area contributed by atoms with E-state index in [-0.39, 0.29) is 0 Å². The Hall–Kier alpha value is -0.465. The number of alkyl halides is 6. The molecule has 1 rings (SSSR count). The van der Waals surface area contributed by atoms with Gasteiger partial charge in [0.15, 0.2) is 0 Å². The Kier molecular flexibility index (Phi) is 7.44. The van der Waals surface area contributed by atoms with Gasteiger partial charge in [0.25, 0.3) is 0 Å². The molecule has 0 aliphatic carbocycles. The lowest BCUT2D eigenvalue weighted by Crippen LogP contribution is -2.57. The number of rotatable bonds is 9. The summed E-state index contributed by atoms with van der Waals surface area (Å²) in [4.78, 5) is 0. The van der Waals surface area contributed by atoms with E-state index in [1.165, 1.54) is 0 Å². The third kappa shape index (κ3) is 7.19. The van der Waals surface area contributed by atoms with Crippen LogP contribution in [0.4, 0.5) is 26.3 Å². The van der Waals surface area contributed by atoms with E-state index < -0.39 is 59.6 Å². The smallest absolute Gasteiger partial charge is 0.400 e. The molecule has 0 spiro atoms. The van der Waals surface area contributed by atoms with Crippen molar-refractivity contribution in [3.63, 3.8) is 0 Å². The molecule has 0 N–H and O–H groups in total. The summed E-state index contributed by atoms with van der Waals surface area (Å²) >= 11 is 0. The summed E-state index contributed by atoms with van der Waals surface area (Å²) in [5.41, 5.74) is 0. The Morgan fingerprint density at radius 3 is 0.958 bits per heavy atom. The molecule has 1 saturated heterocycles. The second-order valence-corrected chi connectivity index (χ2v) is 4.60. The first-order chi connectivity index (χ1) is 10.9. The van der Waals surface area contributed by atoms with Gasteiger partial charge in [-0.1, -0.05) is 20.8 Å². The van der Waals surface area contributed by atoms with Gasteiger partial charge in [0.1, 0.15) is 0 Å². The molecule has 6 nitrogen and oxygen atoms in total. The molecule has 1 fully saturated rings. The predicted octanol–water partition coefficient (Wildman–Crippen LogP) is 3.06. The average molecular weight is 366 g/mol. The van der Waals surface area contributed by atoms with Gasteiger partial charge in [0.05, 0.1) is 0 Å². The van der Waals surface area contributed by atoms with Gasteiger partial charge in [-0.3, -0.25) is 0 Å². The minimum Gasteiger partial charge on any atom is -0.400 e. The van der Waals surface area contributed by atoms with Crippen molar-refractivity contribution >= 4 is 22.0 Å². The summed E-state index contributed by atoms with van der Waals surface area (Å²) in [5.74, 6) is 0. The van der Waals surface area contributed by atoms with Crippen molar-refractivity contribution in [3.8, 4) is 0 Å². The maximum atomic E-state index is 13.2. The molecule has 0 saturated carbocycles. The summed E-state index contributed by atoms with van der Waals surface area (Å²) in [6.45, 7) is 3.16. The zero-order chi connectivity index (χ0) is 18.6. The highest BCUT2D eigenvalue weighted by atomic mass is 19.3. The summed E-state index contributed by atoms with van der Waals surface area (Å²) < 4.78 is 105. The molecule has 0 amide bonds. The largest absolute Gasteiger partial charge is 0.619 e. The van der Waals surface area contributed by atoms with Crippen molar-refractivity contribution < 1.29 is 54.0 Å². The fourth-order valence-electron chi connectivity index (χ4n) is 1.21. The van der Waals surface area contributed by atoms with Crippen molar-refractivity contribution in [2.75, 3.05) is 0 Å². The Balaban J connectivity index is 2.82. The van der Waals surface area contributed by atoms with Crippen molar-refractivity contribution in [2.24, 2.45) is 0 Å². The molecule has 138 valence electrons. The van der Waals surface area contributed by atoms with Crippen LogP contribution < -0.4 is 0 Å². The molecule has 0 aromatic rings. The van der Waals surface area contributed by atoms with Crippen LogP contribution in [-0.2, 0) is 27.7 Å². The minimum absolute atomic E-state index is 0.815. The lowest BCUT2D eigenvalue weighted by molar-refractivity contribution is -0.221. The third-order valence-electron chi connectivity index (χ3n) is 2.71. The van der Waals surface area contributed by atoms with E-state index in [2.05, 4.69) is 27.7 Å². The molecule has 1 aliphatic rings. The molecule has 15 heteroatoms. The zero-order valence-electron chi connectivity index (χ0n) is 13.1. The van der Waals surface area contributed by atoms with Crippen LogP contribution in [0.1, 0.15) is 40.0 Å². The van der Waals surface area contributed by atoms with Crippen LogP contribution >= 0.6 is 0 Å². The Bertz CT molecular complexity index is 343. The summed E-state index contributed by atoms with van der Waals surface area (Å²) in [6.07, 6.45) is -13.7. The number of hydrogen-bond donors (Lipinski definition) is 0. The van der Waals surface area contributed by atoms with Crippen LogP contribution in [0, 0.1) is 0 Å². The van der Waals surface area contributed by atoms with E-state index in [0.717, 1.165) is 20.8 Å². The van der Waals surface area contributed by atoms with Gasteiger partial charge in [-0.05, 0) is 0 Å². The maximum absolute atomic E-state index is 13.2. The molecular weight excluding hydrogens is 351 g/mol. The highest BCUT2D eigenvalue weighted by Crippen LogP contribution is 2.29. The van der Waals surface area contributed by atoms with Gasteiger partial charge in [0.2, 0.25) is 0 Å². The Morgan fingerprint density at radius 2 is 0.792 bits per heavy atom. The lowest BCUT2D eigenvalue weighted by Gasteiger charge is -2.32. The van der Waals surface area contributed by atoms with E-state index in [9.17, 15) is 26.3 Å². The first-order valence-electron chi connectivity index (χ1n) is 7.05. The van der Waals surface area contributed by atoms with Gasteiger partial charge in [-0.2, -0.15) is 26.3 Å². The van der Waals surface area contributed by atoms with Crippen molar-refractivity contribution in [1.29, 1.82) is 0 Å². The van der Waals surface area contributed by atoms with E-state index in [0.29, 0.717) is 0 Å². The minimum atomic E-state index is -3.77. The fraction of sp³-hybridized carbons (Fsp3) is 1.00. The molecule has 1 aliphatic heterocycles. The van der Waals surface area contributed by atoms with Crippen LogP contribution in [0.2, 0.25) is 0 Å². The van der Waals surface area contributed by atoms with Gasteiger partial charge in [-0.25, -0.2) is 0 Å². The SMILES string of the molecule is CCC(F)(F)OB1OB(OC(F)(F)CC)OB(OC(F)(F)CC)O1. The third-order valence-corrected chi connectivity index (χ3v) is 2.71. The van der Waals surface area contributed by atoms with Crippen LogP contribution in [0.3, 0.4) is 0 Å². The molecule has 0 unspecified atom stereocenters. The van der Waals surface area contributed by atoms with Crippen molar-refractivity contribution in [3.05, 3.63) is 0 Å². The second kappa shape index (κ2) is 8.28. The van der Waals surface area contributed by atoms with E-state index >= 15 is 0 Å². The van der Waals surface area contributed by atoms with Crippen molar-refractivity contribution in [2.45, 2.75) is 58.4 Å². The predicted molar refractivity (Wildman–Crippen MR) is 69.5 cm³/mol. The molecule has 0 atom stereocenters. The highest BCUT2D eigenvalue weighted by Gasteiger charge is 2.54. The fourth-order valence-corrected chi connectivity index (χ4v) is 1.21. The van der Waals surface area contributed by atoms with Gasteiger partial charge in [0, 0.05) is 19.3 Å². The molecular formula is C9H15B3F6O6. The molecule has 0 bridgehead atoms. The average Bonchev–Trinajstić information content (AvgIpc) is 2.45. The monoisotopic (exact) mass is 366 g/mol. The Morgan fingerprint density at radius 1 is 0.583 bits per heavy atom. The lowest BCUT2D eigenvalue weighted by atomic mass is 9.96.